The minimum atomic E-state index is 0.565. The van der Waals surface area contributed by atoms with E-state index in [0.717, 1.165) is 42.2 Å². The molecular weight excluding hydrogens is 338 g/mol. The number of hydrogen-bond acceptors (Lipinski definition) is 3. The highest BCUT2D eigenvalue weighted by molar-refractivity contribution is 5.80. The zero-order chi connectivity index (χ0) is 18.8. The molecule has 2 aliphatic carbocycles. The number of aliphatic imine (C=N–C) groups is 1. The van der Waals surface area contributed by atoms with Crippen LogP contribution in [-0.4, -0.2) is 28.3 Å². The maximum absolute atomic E-state index is 5.44. The van der Waals surface area contributed by atoms with E-state index in [4.69, 9.17) is 9.41 Å². The smallest absolute Gasteiger partial charge is 0.191 e. The molecule has 2 N–H and O–H groups in total. The van der Waals surface area contributed by atoms with Gasteiger partial charge in [-0.05, 0) is 57.1 Å². The van der Waals surface area contributed by atoms with Gasteiger partial charge in [-0.25, -0.2) is 4.99 Å². The monoisotopic (exact) mass is 369 g/mol. The van der Waals surface area contributed by atoms with Crippen LogP contribution in [0, 0.1) is 25.7 Å². The lowest BCUT2D eigenvalue weighted by molar-refractivity contribution is 0.387. The van der Waals surface area contributed by atoms with Crippen LogP contribution in [0.3, 0.4) is 0 Å². The van der Waals surface area contributed by atoms with Crippen LogP contribution < -0.4 is 10.6 Å². The SMILES string of the molecule is Cc1nn(C)c(C)c1CN=C(NCCc1ccco1)NC1CC2CCC1C2. The normalized spacial score (nSPS) is 24.6. The molecule has 2 fully saturated rings. The summed E-state index contributed by atoms with van der Waals surface area (Å²) in [5.41, 5.74) is 3.47. The van der Waals surface area contributed by atoms with Gasteiger partial charge in [0.2, 0.25) is 0 Å². The van der Waals surface area contributed by atoms with E-state index in [2.05, 4.69) is 29.6 Å². The van der Waals surface area contributed by atoms with Crippen LogP contribution in [0.4, 0.5) is 0 Å². The highest BCUT2D eigenvalue weighted by Gasteiger charge is 2.39. The fraction of sp³-hybridized carbons (Fsp3) is 0.619. The van der Waals surface area contributed by atoms with E-state index >= 15 is 0 Å². The minimum absolute atomic E-state index is 0.565. The highest BCUT2D eigenvalue weighted by Crippen LogP contribution is 2.44. The molecule has 2 bridgehead atoms. The number of rotatable bonds is 6. The molecule has 0 spiro atoms. The molecule has 2 aromatic rings. The highest BCUT2D eigenvalue weighted by atomic mass is 16.3. The molecule has 6 heteroatoms. The zero-order valence-corrected chi connectivity index (χ0v) is 16.7. The van der Waals surface area contributed by atoms with E-state index in [-0.39, 0.29) is 0 Å². The molecule has 2 aliphatic rings. The topological polar surface area (TPSA) is 67.4 Å². The van der Waals surface area contributed by atoms with E-state index < -0.39 is 0 Å². The zero-order valence-electron chi connectivity index (χ0n) is 16.7. The fourth-order valence-corrected chi connectivity index (χ4v) is 4.71. The van der Waals surface area contributed by atoms with Crippen LogP contribution in [0.15, 0.2) is 27.8 Å². The Labute approximate surface area is 161 Å². The molecule has 2 aromatic heterocycles. The van der Waals surface area contributed by atoms with Gasteiger partial charge in [-0.1, -0.05) is 6.42 Å². The van der Waals surface area contributed by atoms with Crippen molar-refractivity contribution >= 4 is 5.96 Å². The first-order chi connectivity index (χ1) is 13.1. The lowest BCUT2D eigenvalue weighted by Gasteiger charge is -2.25. The second-order valence-electron chi connectivity index (χ2n) is 8.12. The predicted molar refractivity (Wildman–Crippen MR) is 107 cm³/mol. The van der Waals surface area contributed by atoms with Crippen molar-refractivity contribution in [3.63, 3.8) is 0 Å². The second kappa shape index (κ2) is 7.79. The van der Waals surface area contributed by atoms with Crippen molar-refractivity contribution in [3.05, 3.63) is 41.1 Å². The van der Waals surface area contributed by atoms with E-state index in [9.17, 15) is 0 Å². The molecule has 2 heterocycles. The van der Waals surface area contributed by atoms with E-state index in [1.165, 1.54) is 36.9 Å². The molecule has 146 valence electrons. The third-order valence-electron chi connectivity index (χ3n) is 6.36. The van der Waals surface area contributed by atoms with E-state index in [1.54, 1.807) is 6.26 Å². The Balaban J connectivity index is 1.42. The molecule has 4 rings (SSSR count). The Morgan fingerprint density at radius 3 is 2.85 bits per heavy atom. The van der Waals surface area contributed by atoms with Gasteiger partial charge in [0.25, 0.3) is 0 Å². The molecule has 0 aliphatic heterocycles. The first kappa shape index (κ1) is 18.1. The average Bonchev–Trinajstić information content (AvgIpc) is 3.42. The molecule has 3 atom stereocenters. The van der Waals surface area contributed by atoms with Crippen LogP contribution in [0.1, 0.15) is 48.4 Å². The van der Waals surface area contributed by atoms with Crippen molar-refractivity contribution < 1.29 is 4.42 Å². The van der Waals surface area contributed by atoms with Crippen LogP contribution >= 0.6 is 0 Å². The van der Waals surface area contributed by atoms with Crippen molar-refractivity contribution in [1.82, 2.24) is 20.4 Å². The van der Waals surface area contributed by atoms with Gasteiger partial charge in [0, 0.05) is 37.3 Å². The lowest BCUT2D eigenvalue weighted by Crippen LogP contribution is -2.46. The molecule has 0 saturated heterocycles. The lowest BCUT2D eigenvalue weighted by atomic mass is 9.95. The summed E-state index contributed by atoms with van der Waals surface area (Å²) < 4.78 is 7.38. The summed E-state index contributed by atoms with van der Waals surface area (Å²) in [4.78, 5) is 4.91. The minimum Gasteiger partial charge on any atom is -0.469 e. The maximum atomic E-state index is 5.44. The third kappa shape index (κ3) is 4.04. The van der Waals surface area contributed by atoms with Crippen molar-refractivity contribution in [1.29, 1.82) is 0 Å². The summed E-state index contributed by atoms with van der Waals surface area (Å²) in [6, 6.07) is 4.52. The Bertz CT molecular complexity index is 792. The summed E-state index contributed by atoms with van der Waals surface area (Å²) in [5.74, 6) is 3.65. The summed E-state index contributed by atoms with van der Waals surface area (Å²) in [5, 5.41) is 11.7. The van der Waals surface area contributed by atoms with Crippen molar-refractivity contribution in [3.8, 4) is 0 Å². The summed E-state index contributed by atoms with van der Waals surface area (Å²) >= 11 is 0. The number of aryl methyl sites for hydroxylation is 2. The molecule has 0 amide bonds. The van der Waals surface area contributed by atoms with Crippen LogP contribution in [-0.2, 0) is 20.0 Å². The molecule has 6 nitrogen and oxygen atoms in total. The number of fused-ring (bicyclic) bond motifs is 2. The number of guanidine groups is 1. The van der Waals surface area contributed by atoms with Gasteiger partial charge in [0.1, 0.15) is 5.76 Å². The van der Waals surface area contributed by atoms with Gasteiger partial charge in [-0.15, -0.1) is 0 Å². The molecule has 0 radical (unpaired) electrons. The van der Waals surface area contributed by atoms with Gasteiger partial charge >= 0.3 is 0 Å². The fourth-order valence-electron chi connectivity index (χ4n) is 4.71. The van der Waals surface area contributed by atoms with Crippen LogP contribution in [0.2, 0.25) is 0 Å². The Morgan fingerprint density at radius 1 is 1.33 bits per heavy atom. The Hall–Kier alpha value is -2.24. The van der Waals surface area contributed by atoms with Crippen molar-refractivity contribution in [2.75, 3.05) is 6.54 Å². The number of furan rings is 1. The molecule has 2 saturated carbocycles. The standard InChI is InChI=1S/C21H31N5O/c1-14-19(15(2)26(3)25-14)13-23-21(22-9-8-18-5-4-10-27-18)24-20-12-16-6-7-17(20)11-16/h4-5,10,16-17,20H,6-9,11-13H2,1-3H3,(H2,22,23,24). The predicted octanol–water partition coefficient (Wildman–Crippen LogP) is 3.10. The largest absolute Gasteiger partial charge is 0.469 e. The average molecular weight is 370 g/mol. The number of nitrogens with one attached hydrogen (secondary N) is 2. The summed E-state index contributed by atoms with van der Waals surface area (Å²) in [6.07, 6.45) is 8.03. The summed E-state index contributed by atoms with van der Waals surface area (Å²) in [6.45, 7) is 5.64. The van der Waals surface area contributed by atoms with E-state index in [1.807, 2.05) is 23.9 Å². The second-order valence-corrected chi connectivity index (χ2v) is 8.12. The number of hydrogen-bond donors (Lipinski definition) is 2. The summed E-state index contributed by atoms with van der Waals surface area (Å²) in [7, 11) is 1.99. The molecule has 27 heavy (non-hydrogen) atoms. The first-order valence-electron chi connectivity index (χ1n) is 10.2. The van der Waals surface area contributed by atoms with Gasteiger partial charge in [0.05, 0.1) is 18.5 Å². The third-order valence-corrected chi connectivity index (χ3v) is 6.36. The Kier molecular flexibility index (Phi) is 5.23. The molecule has 3 unspecified atom stereocenters. The number of aromatic nitrogens is 2. The van der Waals surface area contributed by atoms with E-state index in [0.29, 0.717) is 12.6 Å². The van der Waals surface area contributed by atoms with Crippen LogP contribution in [0.5, 0.6) is 0 Å². The van der Waals surface area contributed by atoms with Crippen molar-refractivity contribution in [2.24, 2.45) is 23.9 Å². The maximum Gasteiger partial charge on any atom is 0.191 e. The first-order valence-corrected chi connectivity index (χ1v) is 10.2. The van der Waals surface area contributed by atoms with Crippen LogP contribution in [0.25, 0.3) is 0 Å². The number of nitrogens with zero attached hydrogens (tertiary/aromatic N) is 3. The molecule has 0 aromatic carbocycles. The van der Waals surface area contributed by atoms with Crippen molar-refractivity contribution in [2.45, 2.75) is 58.5 Å². The molecular formula is C21H31N5O. The van der Waals surface area contributed by atoms with Gasteiger partial charge < -0.3 is 15.1 Å². The quantitative estimate of drug-likeness (QED) is 0.606. The Morgan fingerprint density at radius 2 is 2.22 bits per heavy atom. The van der Waals surface area contributed by atoms with Gasteiger partial charge in [-0.2, -0.15) is 5.10 Å². The van der Waals surface area contributed by atoms with Gasteiger partial charge in [-0.3, -0.25) is 4.68 Å². The van der Waals surface area contributed by atoms with Gasteiger partial charge in [0.15, 0.2) is 5.96 Å².